The highest BCUT2D eigenvalue weighted by Crippen LogP contribution is 2.30. The molecule has 19 heavy (non-hydrogen) atoms. The van der Waals surface area contributed by atoms with Crippen LogP contribution in [-0.4, -0.2) is 36.5 Å². The van der Waals surface area contributed by atoms with Gasteiger partial charge in [0, 0.05) is 0 Å². The third-order valence-electron chi connectivity index (χ3n) is 2.85. The number of nitrogens with one attached hydrogen (secondary N) is 1. The van der Waals surface area contributed by atoms with Crippen LogP contribution in [-0.2, 0) is 14.3 Å². The lowest BCUT2D eigenvalue weighted by atomic mass is 10.0. The van der Waals surface area contributed by atoms with Crippen LogP contribution >= 0.6 is 0 Å². The lowest BCUT2D eigenvalue weighted by Gasteiger charge is -2.24. The number of carbonyl (C=O) groups is 2. The summed E-state index contributed by atoms with van der Waals surface area (Å²) in [5, 5.41) is 2.44. The zero-order valence-electron chi connectivity index (χ0n) is 11.9. The minimum atomic E-state index is -1.25. The van der Waals surface area contributed by atoms with Crippen LogP contribution in [0.15, 0.2) is 0 Å². The van der Waals surface area contributed by atoms with Crippen molar-refractivity contribution in [1.82, 2.24) is 5.32 Å². The van der Waals surface area contributed by atoms with E-state index in [2.05, 4.69) is 5.32 Å². The summed E-state index contributed by atoms with van der Waals surface area (Å²) in [5.41, 5.74) is -0.659. The van der Waals surface area contributed by atoms with Crippen LogP contribution < -0.4 is 5.32 Å². The van der Waals surface area contributed by atoms with Gasteiger partial charge in [-0.15, -0.1) is 0 Å². The number of ether oxygens (including phenoxy) is 2. The molecule has 0 radical (unpaired) electrons. The molecule has 0 saturated heterocycles. The van der Waals surface area contributed by atoms with Crippen LogP contribution in [0, 0.1) is 5.92 Å². The smallest absolute Gasteiger partial charge is 0.407 e. The molecule has 0 unspecified atom stereocenters. The van der Waals surface area contributed by atoms with Crippen LogP contribution in [0.1, 0.15) is 40.5 Å². The summed E-state index contributed by atoms with van der Waals surface area (Å²) in [7, 11) is 0. The molecule has 1 aliphatic carbocycles. The molecule has 5 nitrogen and oxygen atoms in total. The van der Waals surface area contributed by atoms with Crippen molar-refractivity contribution in [2.75, 3.05) is 6.61 Å². The molecule has 1 fully saturated rings. The number of hydrogen-bond acceptors (Lipinski definition) is 4. The quantitative estimate of drug-likeness (QED) is 0.802. The second-order valence-electron chi connectivity index (χ2n) is 5.62. The standard InChI is InChI=1S/C13H22FNO4/c1-5-18-11(16)8-6-7-9(14)10(8)15-12(17)19-13(2,3)4/h8-10H,5-7H2,1-4H3,(H,15,17)/t8-,9+,10+/m0/s1. The highest BCUT2D eigenvalue weighted by molar-refractivity contribution is 5.76. The third-order valence-corrected chi connectivity index (χ3v) is 2.85. The van der Waals surface area contributed by atoms with Gasteiger partial charge < -0.3 is 14.8 Å². The van der Waals surface area contributed by atoms with Gasteiger partial charge in [0.1, 0.15) is 11.8 Å². The topological polar surface area (TPSA) is 64.6 Å². The molecule has 1 N–H and O–H groups in total. The number of esters is 1. The van der Waals surface area contributed by atoms with Crippen LogP contribution in [0.5, 0.6) is 0 Å². The maximum absolute atomic E-state index is 13.8. The van der Waals surface area contributed by atoms with Gasteiger partial charge in [0.05, 0.1) is 18.6 Å². The van der Waals surface area contributed by atoms with E-state index in [1.807, 2.05) is 0 Å². The minimum Gasteiger partial charge on any atom is -0.466 e. The number of halogens is 1. The van der Waals surface area contributed by atoms with Crippen LogP contribution in [0.2, 0.25) is 0 Å². The zero-order chi connectivity index (χ0) is 14.6. The Morgan fingerprint density at radius 1 is 1.32 bits per heavy atom. The largest absolute Gasteiger partial charge is 0.466 e. The van der Waals surface area contributed by atoms with Crippen molar-refractivity contribution in [3.05, 3.63) is 0 Å². The number of hydrogen-bond donors (Lipinski definition) is 1. The fraction of sp³-hybridized carbons (Fsp3) is 0.846. The Hall–Kier alpha value is -1.33. The molecule has 1 saturated carbocycles. The summed E-state index contributed by atoms with van der Waals surface area (Å²) in [6, 6.07) is -0.867. The molecule has 0 spiro atoms. The van der Waals surface area contributed by atoms with Gasteiger partial charge in [-0.2, -0.15) is 0 Å². The highest BCUT2D eigenvalue weighted by atomic mass is 19.1. The van der Waals surface area contributed by atoms with E-state index in [0.29, 0.717) is 6.42 Å². The molecule has 0 aromatic heterocycles. The number of alkyl halides is 1. The van der Waals surface area contributed by atoms with Crippen molar-refractivity contribution >= 4 is 12.1 Å². The fourth-order valence-electron chi connectivity index (χ4n) is 2.10. The van der Waals surface area contributed by atoms with Gasteiger partial charge in [-0.3, -0.25) is 4.79 Å². The summed E-state index contributed by atoms with van der Waals surface area (Å²) in [6.45, 7) is 7.09. The van der Waals surface area contributed by atoms with Crippen molar-refractivity contribution in [3.63, 3.8) is 0 Å². The van der Waals surface area contributed by atoms with Gasteiger partial charge in [-0.05, 0) is 40.5 Å². The number of amides is 1. The second kappa shape index (κ2) is 6.21. The van der Waals surface area contributed by atoms with Crippen molar-refractivity contribution in [2.24, 2.45) is 5.92 Å². The molecular weight excluding hydrogens is 253 g/mol. The average molecular weight is 275 g/mol. The maximum Gasteiger partial charge on any atom is 0.407 e. The van der Waals surface area contributed by atoms with Gasteiger partial charge in [0.15, 0.2) is 0 Å². The average Bonchev–Trinajstić information content (AvgIpc) is 2.58. The Balaban J connectivity index is 2.62. The number of carbonyl (C=O) groups excluding carboxylic acids is 2. The summed E-state index contributed by atoms with van der Waals surface area (Å²) >= 11 is 0. The first-order valence-corrected chi connectivity index (χ1v) is 6.55. The van der Waals surface area contributed by atoms with Gasteiger partial charge in [-0.25, -0.2) is 9.18 Å². The SMILES string of the molecule is CCOC(=O)[C@H]1CC[C@@H](F)[C@@H]1NC(=O)OC(C)(C)C. The van der Waals surface area contributed by atoms with E-state index in [4.69, 9.17) is 9.47 Å². The summed E-state index contributed by atoms with van der Waals surface area (Å²) < 4.78 is 23.7. The molecular formula is C13H22FNO4. The molecule has 1 rings (SSSR count). The van der Waals surface area contributed by atoms with Crippen LogP contribution in [0.3, 0.4) is 0 Å². The molecule has 3 atom stereocenters. The van der Waals surface area contributed by atoms with Gasteiger partial charge in [-0.1, -0.05) is 0 Å². The highest BCUT2D eigenvalue weighted by Gasteiger charge is 2.43. The maximum atomic E-state index is 13.8. The Morgan fingerprint density at radius 2 is 1.95 bits per heavy atom. The molecule has 0 bridgehead atoms. The van der Waals surface area contributed by atoms with E-state index in [1.165, 1.54) is 0 Å². The summed E-state index contributed by atoms with van der Waals surface area (Å²) in [4.78, 5) is 23.3. The molecule has 1 aliphatic rings. The summed E-state index contributed by atoms with van der Waals surface area (Å²) in [6.07, 6.45) is -1.34. The van der Waals surface area contributed by atoms with Crippen molar-refractivity contribution in [3.8, 4) is 0 Å². The molecule has 0 aliphatic heterocycles. The Morgan fingerprint density at radius 3 is 2.47 bits per heavy atom. The van der Waals surface area contributed by atoms with Crippen molar-refractivity contribution in [1.29, 1.82) is 0 Å². The van der Waals surface area contributed by atoms with Crippen LogP contribution in [0.4, 0.5) is 9.18 Å². The van der Waals surface area contributed by atoms with Gasteiger partial charge >= 0.3 is 12.1 Å². The predicted molar refractivity (Wildman–Crippen MR) is 67.4 cm³/mol. The fourth-order valence-corrected chi connectivity index (χ4v) is 2.10. The lowest BCUT2D eigenvalue weighted by Crippen LogP contribution is -2.47. The first-order chi connectivity index (χ1) is 8.74. The molecule has 0 aromatic carbocycles. The lowest BCUT2D eigenvalue weighted by molar-refractivity contribution is -0.148. The van der Waals surface area contributed by atoms with Gasteiger partial charge in [0.2, 0.25) is 0 Å². The minimum absolute atomic E-state index is 0.240. The van der Waals surface area contributed by atoms with E-state index in [0.717, 1.165) is 0 Å². The number of rotatable bonds is 3. The normalized spacial score (nSPS) is 26.9. The van der Waals surface area contributed by atoms with Crippen molar-refractivity contribution < 1.29 is 23.5 Å². The molecule has 1 amide bonds. The van der Waals surface area contributed by atoms with E-state index >= 15 is 0 Å². The van der Waals surface area contributed by atoms with E-state index in [9.17, 15) is 14.0 Å². The second-order valence-corrected chi connectivity index (χ2v) is 5.62. The Kier molecular flexibility index (Phi) is 5.14. The molecule has 0 heterocycles. The Labute approximate surface area is 112 Å². The molecule has 110 valence electrons. The summed E-state index contributed by atoms with van der Waals surface area (Å²) in [5.74, 6) is -1.11. The zero-order valence-corrected chi connectivity index (χ0v) is 11.9. The molecule has 6 heteroatoms. The van der Waals surface area contributed by atoms with Crippen molar-refractivity contribution in [2.45, 2.75) is 58.4 Å². The first kappa shape index (κ1) is 15.7. The van der Waals surface area contributed by atoms with Crippen LogP contribution in [0.25, 0.3) is 0 Å². The van der Waals surface area contributed by atoms with Gasteiger partial charge in [0.25, 0.3) is 0 Å². The predicted octanol–water partition coefficient (Wildman–Crippen LogP) is 2.19. The molecule has 0 aromatic rings. The van der Waals surface area contributed by atoms with E-state index in [-0.39, 0.29) is 13.0 Å². The Bertz CT molecular complexity index is 340. The first-order valence-electron chi connectivity index (χ1n) is 6.55. The number of alkyl carbamates (subject to hydrolysis) is 1. The third kappa shape index (κ3) is 4.69. The van der Waals surface area contributed by atoms with E-state index in [1.54, 1.807) is 27.7 Å². The monoisotopic (exact) mass is 275 g/mol. The van der Waals surface area contributed by atoms with E-state index < -0.39 is 35.8 Å².